The Morgan fingerprint density at radius 2 is 1.81 bits per heavy atom. The Bertz CT molecular complexity index is 835. The third-order valence-electron chi connectivity index (χ3n) is 4.59. The van der Waals surface area contributed by atoms with E-state index in [1.807, 2.05) is 45.9 Å². The third kappa shape index (κ3) is 5.44. The number of halogens is 2. The first-order valence-corrected chi connectivity index (χ1v) is 9.48. The van der Waals surface area contributed by atoms with Crippen molar-refractivity contribution >= 4 is 40.7 Å². The predicted molar refractivity (Wildman–Crippen MR) is 110 cm³/mol. The lowest BCUT2D eigenvalue weighted by Gasteiger charge is -2.28. The van der Waals surface area contributed by atoms with Gasteiger partial charge in [0.15, 0.2) is 0 Å². The number of nitrogens with one attached hydrogen (secondary N) is 1. The van der Waals surface area contributed by atoms with Crippen LogP contribution < -0.4 is 5.32 Å². The molecule has 7 heteroatoms. The summed E-state index contributed by atoms with van der Waals surface area (Å²) in [7, 11) is 0. The van der Waals surface area contributed by atoms with Crippen LogP contribution in [0.1, 0.15) is 41.8 Å². The highest BCUT2D eigenvalue weighted by atomic mass is 35.5. The first kappa shape index (κ1) is 21.2. The number of carbonyl (C=O) groups is 2. The summed E-state index contributed by atoms with van der Waals surface area (Å²) in [4.78, 5) is 30.9. The number of pyridine rings is 1. The normalized spacial score (nSPS) is 11.8. The maximum atomic E-state index is 13.0. The van der Waals surface area contributed by atoms with E-state index in [2.05, 4.69) is 10.3 Å². The number of amides is 2. The fourth-order valence-electron chi connectivity index (χ4n) is 2.63. The largest absolute Gasteiger partial charge is 0.327 e. The highest BCUT2D eigenvalue weighted by molar-refractivity contribution is 6.33. The van der Waals surface area contributed by atoms with Crippen molar-refractivity contribution in [3.05, 3.63) is 57.3 Å². The summed E-state index contributed by atoms with van der Waals surface area (Å²) in [5.74, 6) is -0.574. The number of rotatable bonds is 6. The van der Waals surface area contributed by atoms with E-state index in [0.29, 0.717) is 12.0 Å². The van der Waals surface area contributed by atoms with E-state index in [1.54, 1.807) is 0 Å². The minimum absolute atomic E-state index is 0.0707. The molecule has 144 valence electrons. The van der Waals surface area contributed by atoms with Gasteiger partial charge < -0.3 is 10.2 Å². The predicted octanol–water partition coefficient (Wildman–Crippen LogP) is 4.88. The standard InChI is InChI=1S/C20H23Cl2N3O2/c1-5-13(3)25(20(27)15-9-17(21)24-18(22)10-15)11-19(26)23-16-8-6-7-12(2)14(16)4/h6-10,13H,5,11H2,1-4H3,(H,23,26). The minimum Gasteiger partial charge on any atom is -0.327 e. The van der Waals surface area contributed by atoms with Gasteiger partial charge in [-0.1, -0.05) is 42.3 Å². The molecule has 2 aromatic rings. The van der Waals surface area contributed by atoms with Crippen LogP contribution in [0.25, 0.3) is 0 Å². The Kier molecular flexibility index (Phi) is 7.22. The molecule has 0 aliphatic carbocycles. The molecular formula is C20H23Cl2N3O2. The molecule has 1 aromatic carbocycles. The monoisotopic (exact) mass is 407 g/mol. The molecule has 0 spiro atoms. The minimum atomic E-state index is -0.313. The Morgan fingerprint density at radius 3 is 2.41 bits per heavy atom. The van der Waals surface area contributed by atoms with Gasteiger partial charge in [-0.15, -0.1) is 0 Å². The highest BCUT2D eigenvalue weighted by Crippen LogP contribution is 2.20. The van der Waals surface area contributed by atoms with Crippen LogP contribution in [0.5, 0.6) is 0 Å². The van der Waals surface area contributed by atoms with Crippen LogP contribution in [-0.2, 0) is 4.79 Å². The van der Waals surface area contributed by atoms with E-state index >= 15 is 0 Å². The van der Waals surface area contributed by atoms with Gasteiger partial charge in [0.25, 0.3) is 5.91 Å². The van der Waals surface area contributed by atoms with E-state index in [-0.39, 0.29) is 34.7 Å². The van der Waals surface area contributed by atoms with Gasteiger partial charge >= 0.3 is 0 Å². The van der Waals surface area contributed by atoms with Crippen molar-refractivity contribution < 1.29 is 9.59 Å². The molecule has 1 atom stereocenters. The third-order valence-corrected chi connectivity index (χ3v) is 4.97. The van der Waals surface area contributed by atoms with Crippen LogP contribution in [0.2, 0.25) is 10.3 Å². The van der Waals surface area contributed by atoms with Crippen LogP contribution in [-0.4, -0.2) is 34.3 Å². The molecule has 5 nitrogen and oxygen atoms in total. The molecule has 0 saturated heterocycles. The number of hydrogen-bond donors (Lipinski definition) is 1. The molecule has 0 saturated carbocycles. The lowest BCUT2D eigenvalue weighted by atomic mass is 10.1. The van der Waals surface area contributed by atoms with E-state index < -0.39 is 0 Å². The molecule has 2 rings (SSSR count). The maximum Gasteiger partial charge on any atom is 0.254 e. The number of benzene rings is 1. The Morgan fingerprint density at radius 1 is 1.19 bits per heavy atom. The zero-order chi connectivity index (χ0) is 20.1. The fourth-order valence-corrected chi connectivity index (χ4v) is 3.09. The molecule has 1 heterocycles. The molecule has 0 aliphatic heterocycles. The van der Waals surface area contributed by atoms with Gasteiger partial charge in [-0.05, 0) is 56.5 Å². The van der Waals surface area contributed by atoms with Gasteiger partial charge in [-0.25, -0.2) is 4.98 Å². The number of aromatic nitrogens is 1. The summed E-state index contributed by atoms with van der Waals surface area (Å²) in [6.45, 7) is 7.72. The van der Waals surface area contributed by atoms with Gasteiger partial charge in [0.05, 0.1) is 0 Å². The van der Waals surface area contributed by atoms with Gasteiger partial charge in [0.2, 0.25) is 5.91 Å². The second-order valence-electron chi connectivity index (χ2n) is 6.49. The lowest BCUT2D eigenvalue weighted by Crippen LogP contribution is -2.43. The summed E-state index contributed by atoms with van der Waals surface area (Å²) in [6.07, 6.45) is 0.703. The molecule has 1 unspecified atom stereocenters. The van der Waals surface area contributed by atoms with Crippen LogP contribution in [0.15, 0.2) is 30.3 Å². The molecule has 0 radical (unpaired) electrons. The van der Waals surface area contributed by atoms with E-state index in [0.717, 1.165) is 16.8 Å². The van der Waals surface area contributed by atoms with Crippen LogP contribution in [0, 0.1) is 13.8 Å². The molecule has 1 N–H and O–H groups in total. The van der Waals surface area contributed by atoms with Crippen molar-refractivity contribution in [3.8, 4) is 0 Å². The van der Waals surface area contributed by atoms with Gasteiger partial charge in [0.1, 0.15) is 16.9 Å². The van der Waals surface area contributed by atoms with Crippen molar-refractivity contribution in [3.63, 3.8) is 0 Å². The van der Waals surface area contributed by atoms with Crippen molar-refractivity contribution in [2.75, 3.05) is 11.9 Å². The van der Waals surface area contributed by atoms with Crippen LogP contribution in [0.3, 0.4) is 0 Å². The summed E-state index contributed by atoms with van der Waals surface area (Å²) in [5, 5.41) is 3.16. The molecule has 0 bridgehead atoms. The van der Waals surface area contributed by atoms with E-state index in [4.69, 9.17) is 23.2 Å². The molecule has 1 aromatic heterocycles. The van der Waals surface area contributed by atoms with Gasteiger partial charge in [-0.2, -0.15) is 0 Å². The average molecular weight is 408 g/mol. The zero-order valence-corrected chi connectivity index (χ0v) is 17.4. The fraction of sp³-hybridized carbons (Fsp3) is 0.350. The number of aryl methyl sites for hydroxylation is 1. The second-order valence-corrected chi connectivity index (χ2v) is 7.26. The summed E-state index contributed by atoms with van der Waals surface area (Å²) in [6, 6.07) is 8.49. The van der Waals surface area contributed by atoms with Crippen molar-refractivity contribution in [2.45, 2.75) is 40.2 Å². The quantitative estimate of drug-likeness (QED) is 0.693. The van der Waals surface area contributed by atoms with Crippen LogP contribution >= 0.6 is 23.2 Å². The Balaban J connectivity index is 2.22. The van der Waals surface area contributed by atoms with E-state index in [1.165, 1.54) is 17.0 Å². The summed E-state index contributed by atoms with van der Waals surface area (Å²) < 4.78 is 0. The Hall–Kier alpha value is -2.11. The Labute approximate surface area is 169 Å². The average Bonchev–Trinajstić information content (AvgIpc) is 2.61. The maximum absolute atomic E-state index is 13.0. The number of anilines is 1. The van der Waals surface area contributed by atoms with Crippen LogP contribution in [0.4, 0.5) is 5.69 Å². The van der Waals surface area contributed by atoms with Gasteiger partial charge in [-0.3, -0.25) is 9.59 Å². The summed E-state index contributed by atoms with van der Waals surface area (Å²) in [5.41, 5.74) is 3.13. The zero-order valence-electron chi connectivity index (χ0n) is 15.8. The molecule has 2 amide bonds. The van der Waals surface area contributed by atoms with Crippen molar-refractivity contribution in [1.82, 2.24) is 9.88 Å². The number of nitrogens with zero attached hydrogens (tertiary/aromatic N) is 2. The molecule has 0 fully saturated rings. The SMILES string of the molecule is CCC(C)N(CC(=O)Nc1cccc(C)c1C)C(=O)c1cc(Cl)nc(Cl)c1. The molecule has 0 aliphatic rings. The molecule has 27 heavy (non-hydrogen) atoms. The topological polar surface area (TPSA) is 62.3 Å². The first-order chi connectivity index (χ1) is 12.7. The first-order valence-electron chi connectivity index (χ1n) is 8.73. The second kappa shape index (κ2) is 9.20. The van der Waals surface area contributed by atoms with Crippen molar-refractivity contribution in [1.29, 1.82) is 0 Å². The molecular weight excluding hydrogens is 385 g/mol. The highest BCUT2D eigenvalue weighted by Gasteiger charge is 2.24. The van der Waals surface area contributed by atoms with Gasteiger partial charge in [0, 0.05) is 17.3 Å². The number of hydrogen-bond acceptors (Lipinski definition) is 3. The smallest absolute Gasteiger partial charge is 0.254 e. The summed E-state index contributed by atoms with van der Waals surface area (Å²) >= 11 is 11.8. The van der Waals surface area contributed by atoms with Crippen molar-refractivity contribution in [2.24, 2.45) is 0 Å². The van der Waals surface area contributed by atoms with E-state index in [9.17, 15) is 9.59 Å². The number of carbonyl (C=O) groups excluding carboxylic acids is 2. The lowest BCUT2D eigenvalue weighted by molar-refractivity contribution is -0.117.